The highest BCUT2D eigenvalue weighted by atomic mass is 79.9. The molecule has 0 amide bonds. The summed E-state index contributed by atoms with van der Waals surface area (Å²) in [6.45, 7) is 0. The average Bonchev–Trinajstić information content (AvgIpc) is 2.70. The standard InChI is InChI=1S/C22H16BBrN2O2/c24-16-10-9-14-13-21-19(12-15(14)11-16)25-22-18(23(27)28)7-4-8-20(22)26(21)17-5-2-1-3-6-17/h1-13,25,27-28H. The van der Waals surface area contributed by atoms with Gasteiger partial charge < -0.3 is 20.3 Å². The topological polar surface area (TPSA) is 55.7 Å². The van der Waals surface area contributed by atoms with Gasteiger partial charge in [-0.15, -0.1) is 0 Å². The molecule has 1 aliphatic rings. The Balaban J connectivity index is 1.81. The Morgan fingerprint density at radius 1 is 0.786 bits per heavy atom. The van der Waals surface area contributed by atoms with Crippen LogP contribution in [0.25, 0.3) is 10.8 Å². The van der Waals surface area contributed by atoms with Gasteiger partial charge in [0, 0.05) is 15.6 Å². The summed E-state index contributed by atoms with van der Waals surface area (Å²) in [5, 5.41) is 25.4. The van der Waals surface area contributed by atoms with Gasteiger partial charge in [0.1, 0.15) is 0 Å². The van der Waals surface area contributed by atoms with Gasteiger partial charge in [-0.25, -0.2) is 0 Å². The van der Waals surface area contributed by atoms with Gasteiger partial charge in [0.05, 0.1) is 22.7 Å². The second-order valence-electron chi connectivity index (χ2n) is 6.77. The molecule has 0 atom stereocenters. The van der Waals surface area contributed by atoms with Crippen molar-refractivity contribution in [2.75, 3.05) is 10.2 Å². The first kappa shape index (κ1) is 17.3. The molecule has 136 valence electrons. The Morgan fingerprint density at radius 3 is 2.39 bits per heavy atom. The number of halogens is 1. The molecule has 0 fully saturated rings. The van der Waals surface area contributed by atoms with Crippen molar-refractivity contribution in [1.82, 2.24) is 0 Å². The van der Waals surface area contributed by atoms with Crippen LogP contribution < -0.4 is 15.7 Å². The monoisotopic (exact) mass is 430 g/mol. The van der Waals surface area contributed by atoms with Gasteiger partial charge in [0.15, 0.2) is 0 Å². The summed E-state index contributed by atoms with van der Waals surface area (Å²) >= 11 is 3.54. The van der Waals surface area contributed by atoms with E-state index in [-0.39, 0.29) is 0 Å². The lowest BCUT2D eigenvalue weighted by molar-refractivity contribution is 0.426. The fourth-order valence-corrected chi connectivity index (χ4v) is 4.14. The van der Waals surface area contributed by atoms with E-state index in [1.54, 1.807) is 6.07 Å². The highest BCUT2D eigenvalue weighted by molar-refractivity contribution is 9.10. The SMILES string of the molecule is OB(O)c1cccc2c1Nc1cc3cc(Br)ccc3cc1N2c1ccccc1. The number of hydrogen-bond acceptors (Lipinski definition) is 4. The van der Waals surface area contributed by atoms with Gasteiger partial charge >= 0.3 is 7.12 Å². The lowest BCUT2D eigenvalue weighted by Gasteiger charge is -2.35. The van der Waals surface area contributed by atoms with Crippen LogP contribution in [-0.2, 0) is 0 Å². The molecule has 5 rings (SSSR count). The van der Waals surface area contributed by atoms with Crippen molar-refractivity contribution in [3.63, 3.8) is 0 Å². The van der Waals surface area contributed by atoms with Crippen molar-refractivity contribution in [2.45, 2.75) is 0 Å². The lowest BCUT2D eigenvalue weighted by atomic mass is 9.78. The number of fused-ring (bicyclic) bond motifs is 3. The van der Waals surface area contributed by atoms with E-state index in [1.807, 2.05) is 48.5 Å². The van der Waals surface area contributed by atoms with E-state index < -0.39 is 7.12 Å². The third-order valence-corrected chi connectivity index (χ3v) is 5.52. The minimum absolute atomic E-state index is 0.443. The lowest BCUT2D eigenvalue weighted by Crippen LogP contribution is -2.34. The Morgan fingerprint density at radius 2 is 1.61 bits per heavy atom. The van der Waals surface area contributed by atoms with Crippen LogP contribution in [0.1, 0.15) is 0 Å². The van der Waals surface area contributed by atoms with Crippen molar-refractivity contribution in [1.29, 1.82) is 0 Å². The van der Waals surface area contributed by atoms with Crippen molar-refractivity contribution in [3.8, 4) is 0 Å². The van der Waals surface area contributed by atoms with Gasteiger partial charge in [0.2, 0.25) is 0 Å². The minimum atomic E-state index is -1.56. The molecule has 1 heterocycles. The van der Waals surface area contributed by atoms with E-state index in [2.05, 4.69) is 50.4 Å². The molecule has 0 saturated heterocycles. The summed E-state index contributed by atoms with van der Waals surface area (Å²) in [5.74, 6) is 0. The van der Waals surface area contributed by atoms with Gasteiger partial charge in [-0.3, -0.25) is 0 Å². The van der Waals surface area contributed by atoms with E-state index in [0.29, 0.717) is 11.2 Å². The number of rotatable bonds is 2. The quantitative estimate of drug-likeness (QED) is 0.352. The van der Waals surface area contributed by atoms with E-state index in [0.717, 1.165) is 38.0 Å². The Hall–Kier alpha value is -2.80. The van der Waals surface area contributed by atoms with E-state index >= 15 is 0 Å². The number of para-hydroxylation sites is 2. The first-order valence-electron chi connectivity index (χ1n) is 8.96. The molecule has 0 bridgehead atoms. The van der Waals surface area contributed by atoms with Crippen LogP contribution in [-0.4, -0.2) is 17.2 Å². The van der Waals surface area contributed by atoms with Gasteiger partial charge in [-0.05, 0) is 53.2 Å². The normalized spacial score (nSPS) is 12.3. The molecular formula is C22H16BBrN2O2. The number of nitrogens with one attached hydrogen (secondary N) is 1. The fourth-order valence-electron chi connectivity index (χ4n) is 3.76. The Labute approximate surface area is 171 Å². The summed E-state index contributed by atoms with van der Waals surface area (Å²) < 4.78 is 1.02. The third-order valence-electron chi connectivity index (χ3n) is 5.03. The second kappa shape index (κ2) is 6.67. The summed E-state index contributed by atoms with van der Waals surface area (Å²) in [7, 11) is -1.56. The zero-order chi connectivity index (χ0) is 19.3. The van der Waals surface area contributed by atoms with Crippen LogP contribution >= 0.6 is 15.9 Å². The van der Waals surface area contributed by atoms with Crippen LogP contribution in [0.4, 0.5) is 28.4 Å². The van der Waals surface area contributed by atoms with E-state index in [9.17, 15) is 10.0 Å². The molecule has 0 unspecified atom stereocenters. The molecule has 6 heteroatoms. The maximum absolute atomic E-state index is 9.88. The molecule has 0 radical (unpaired) electrons. The first-order chi connectivity index (χ1) is 13.6. The molecule has 28 heavy (non-hydrogen) atoms. The maximum atomic E-state index is 9.88. The summed E-state index contributed by atoms with van der Waals surface area (Å²) in [6, 6.07) is 26.1. The maximum Gasteiger partial charge on any atom is 0.490 e. The van der Waals surface area contributed by atoms with E-state index in [1.165, 1.54) is 0 Å². The number of benzene rings is 4. The Bertz CT molecular complexity index is 1200. The van der Waals surface area contributed by atoms with Crippen LogP contribution in [0.5, 0.6) is 0 Å². The summed E-state index contributed by atoms with van der Waals surface area (Å²) in [5.41, 5.74) is 4.95. The zero-order valence-electron chi connectivity index (χ0n) is 14.8. The van der Waals surface area contributed by atoms with E-state index in [4.69, 9.17) is 0 Å². The number of nitrogens with zero attached hydrogens (tertiary/aromatic N) is 1. The fraction of sp³-hybridized carbons (Fsp3) is 0. The third kappa shape index (κ3) is 2.78. The summed E-state index contributed by atoms with van der Waals surface area (Å²) in [6.07, 6.45) is 0. The Kier molecular flexibility index (Phi) is 4.12. The molecule has 4 nitrogen and oxygen atoms in total. The van der Waals surface area contributed by atoms with Crippen molar-refractivity contribution in [2.24, 2.45) is 0 Å². The smallest absolute Gasteiger partial charge is 0.423 e. The van der Waals surface area contributed by atoms with Crippen LogP contribution in [0, 0.1) is 0 Å². The number of anilines is 5. The molecule has 4 aromatic rings. The molecule has 0 spiro atoms. The highest BCUT2D eigenvalue weighted by Gasteiger charge is 2.29. The van der Waals surface area contributed by atoms with Crippen molar-refractivity contribution in [3.05, 3.63) is 83.3 Å². The van der Waals surface area contributed by atoms with Crippen molar-refractivity contribution >= 4 is 67.7 Å². The zero-order valence-corrected chi connectivity index (χ0v) is 16.4. The molecule has 4 aromatic carbocycles. The molecule has 3 N–H and O–H groups in total. The van der Waals surface area contributed by atoms with Crippen LogP contribution in [0.2, 0.25) is 0 Å². The van der Waals surface area contributed by atoms with Crippen LogP contribution in [0.15, 0.2) is 83.3 Å². The van der Waals surface area contributed by atoms with Gasteiger partial charge in [-0.1, -0.05) is 52.3 Å². The molecular weight excluding hydrogens is 415 g/mol. The van der Waals surface area contributed by atoms with Gasteiger partial charge in [-0.2, -0.15) is 0 Å². The predicted molar refractivity (Wildman–Crippen MR) is 119 cm³/mol. The molecule has 0 saturated carbocycles. The number of hydrogen-bond donors (Lipinski definition) is 3. The minimum Gasteiger partial charge on any atom is -0.423 e. The highest BCUT2D eigenvalue weighted by Crippen LogP contribution is 2.48. The average molecular weight is 431 g/mol. The predicted octanol–water partition coefficient (Wildman–Crippen LogP) is 4.81. The molecule has 1 aliphatic heterocycles. The summed E-state index contributed by atoms with van der Waals surface area (Å²) in [4.78, 5) is 2.15. The first-order valence-corrected chi connectivity index (χ1v) is 9.76. The molecule has 0 aromatic heterocycles. The van der Waals surface area contributed by atoms with Crippen molar-refractivity contribution < 1.29 is 10.0 Å². The largest absolute Gasteiger partial charge is 0.490 e. The van der Waals surface area contributed by atoms with Crippen LogP contribution in [0.3, 0.4) is 0 Å². The van der Waals surface area contributed by atoms with Gasteiger partial charge in [0.25, 0.3) is 0 Å². The molecule has 0 aliphatic carbocycles. The second-order valence-corrected chi connectivity index (χ2v) is 7.69.